The minimum absolute atomic E-state index is 0.103. The Kier molecular flexibility index (Phi) is 5.20. The van der Waals surface area contributed by atoms with Crippen LogP contribution in [0.4, 0.5) is 5.69 Å². The fourth-order valence-corrected chi connectivity index (χ4v) is 3.21. The molecule has 124 valence electrons. The van der Waals surface area contributed by atoms with E-state index in [0.29, 0.717) is 13.0 Å². The van der Waals surface area contributed by atoms with Crippen molar-refractivity contribution < 1.29 is 9.59 Å². The maximum Gasteiger partial charge on any atom is 0.252 e. The number of likely N-dealkylation sites (tertiary alicyclic amines) is 1. The number of benzene rings is 2. The van der Waals surface area contributed by atoms with Crippen LogP contribution in [0.1, 0.15) is 12.0 Å². The Labute approximate surface area is 146 Å². The molecule has 0 bridgehead atoms. The minimum atomic E-state index is -0.464. The number of nitrogens with one attached hydrogen (secondary N) is 1. The predicted octanol–water partition coefficient (Wildman–Crippen LogP) is 3.19. The van der Waals surface area contributed by atoms with Gasteiger partial charge in [-0.1, -0.05) is 30.3 Å². The van der Waals surface area contributed by atoms with Gasteiger partial charge in [0.1, 0.15) is 6.04 Å². The summed E-state index contributed by atoms with van der Waals surface area (Å²) < 4.78 is 0. The Morgan fingerprint density at radius 3 is 2.46 bits per heavy atom. The Bertz CT molecular complexity index is 716. The number of carbonyl (C=O) groups is 2. The number of carbonyl (C=O) groups excluding carboxylic acids is 2. The molecule has 5 heteroatoms. The Balaban J connectivity index is 1.60. The van der Waals surface area contributed by atoms with Crippen molar-refractivity contribution in [1.82, 2.24) is 4.90 Å². The number of rotatable bonds is 6. The van der Waals surface area contributed by atoms with E-state index in [2.05, 4.69) is 5.32 Å². The minimum Gasteiger partial charge on any atom is -0.373 e. The van der Waals surface area contributed by atoms with Gasteiger partial charge in [0, 0.05) is 17.1 Å². The van der Waals surface area contributed by atoms with Crippen molar-refractivity contribution in [1.29, 1.82) is 0 Å². The highest BCUT2D eigenvalue weighted by Gasteiger charge is 2.38. The molecule has 2 aromatic carbocycles. The van der Waals surface area contributed by atoms with E-state index in [4.69, 9.17) is 0 Å². The maximum atomic E-state index is 12.5. The van der Waals surface area contributed by atoms with Crippen LogP contribution in [0.5, 0.6) is 0 Å². The largest absolute Gasteiger partial charge is 0.373 e. The molecule has 1 saturated heterocycles. The fraction of sp³-hybridized carbons (Fsp3) is 0.263. The summed E-state index contributed by atoms with van der Waals surface area (Å²) in [7, 11) is 0. The highest BCUT2D eigenvalue weighted by Crippen LogP contribution is 2.21. The first-order chi connectivity index (χ1) is 11.7. The van der Waals surface area contributed by atoms with E-state index < -0.39 is 6.04 Å². The first kappa shape index (κ1) is 16.6. The van der Waals surface area contributed by atoms with Crippen LogP contribution in [0.2, 0.25) is 0 Å². The second kappa shape index (κ2) is 7.53. The van der Waals surface area contributed by atoms with Gasteiger partial charge >= 0.3 is 0 Å². The lowest BCUT2D eigenvalue weighted by Gasteiger charge is -2.16. The first-order valence-corrected chi connectivity index (χ1v) is 9.18. The van der Waals surface area contributed by atoms with E-state index in [1.54, 1.807) is 11.8 Å². The quantitative estimate of drug-likeness (QED) is 0.648. The van der Waals surface area contributed by atoms with Crippen molar-refractivity contribution in [2.24, 2.45) is 0 Å². The molecule has 24 heavy (non-hydrogen) atoms. The summed E-state index contributed by atoms with van der Waals surface area (Å²) >= 11 is 1.67. The second-order valence-corrected chi connectivity index (χ2v) is 6.63. The van der Waals surface area contributed by atoms with Gasteiger partial charge in [-0.05, 0) is 42.5 Å². The molecule has 1 unspecified atom stereocenters. The van der Waals surface area contributed by atoms with Crippen molar-refractivity contribution in [3.8, 4) is 0 Å². The number of imide groups is 1. The lowest BCUT2D eigenvalue weighted by atomic mass is 10.1. The van der Waals surface area contributed by atoms with Crippen LogP contribution < -0.4 is 5.32 Å². The summed E-state index contributed by atoms with van der Waals surface area (Å²) in [6, 6.07) is 17.3. The van der Waals surface area contributed by atoms with Gasteiger partial charge in [-0.15, -0.1) is 11.8 Å². The molecular weight excluding hydrogens is 320 g/mol. The molecule has 3 rings (SSSR count). The van der Waals surface area contributed by atoms with E-state index in [9.17, 15) is 9.59 Å². The zero-order chi connectivity index (χ0) is 16.9. The SMILES string of the molecule is CSc1ccc(NC2CC(=O)N(CCc3ccccc3)C2=O)cc1. The molecule has 0 aromatic heterocycles. The number of hydrogen-bond acceptors (Lipinski definition) is 4. The first-order valence-electron chi connectivity index (χ1n) is 7.96. The molecule has 1 atom stereocenters. The average molecular weight is 340 g/mol. The molecule has 0 radical (unpaired) electrons. The summed E-state index contributed by atoms with van der Waals surface area (Å²) in [6.07, 6.45) is 2.93. The third kappa shape index (κ3) is 3.79. The van der Waals surface area contributed by atoms with Gasteiger partial charge in [-0.25, -0.2) is 0 Å². The van der Waals surface area contributed by atoms with Crippen LogP contribution in [0.3, 0.4) is 0 Å². The molecular formula is C19H20N2O2S. The van der Waals surface area contributed by atoms with Crippen molar-refractivity contribution in [2.45, 2.75) is 23.8 Å². The lowest BCUT2D eigenvalue weighted by Crippen LogP contribution is -2.36. The molecule has 0 aliphatic carbocycles. The van der Waals surface area contributed by atoms with Gasteiger partial charge < -0.3 is 5.32 Å². The van der Waals surface area contributed by atoms with Crippen LogP contribution in [0.25, 0.3) is 0 Å². The number of thioether (sulfide) groups is 1. The summed E-state index contributed by atoms with van der Waals surface area (Å²) in [5.74, 6) is -0.237. The Morgan fingerprint density at radius 2 is 1.79 bits per heavy atom. The van der Waals surface area contributed by atoms with Crippen LogP contribution >= 0.6 is 11.8 Å². The molecule has 1 heterocycles. The summed E-state index contributed by atoms with van der Waals surface area (Å²) in [5, 5.41) is 3.18. The summed E-state index contributed by atoms with van der Waals surface area (Å²) in [6.45, 7) is 0.436. The zero-order valence-electron chi connectivity index (χ0n) is 13.6. The smallest absolute Gasteiger partial charge is 0.252 e. The molecule has 0 saturated carbocycles. The van der Waals surface area contributed by atoms with Crippen molar-refractivity contribution in [3.05, 3.63) is 60.2 Å². The van der Waals surface area contributed by atoms with Crippen molar-refractivity contribution in [3.63, 3.8) is 0 Å². The molecule has 1 N–H and O–H groups in total. The number of nitrogens with zero attached hydrogens (tertiary/aromatic N) is 1. The molecule has 1 aliphatic heterocycles. The van der Waals surface area contributed by atoms with Crippen LogP contribution in [-0.2, 0) is 16.0 Å². The van der Waals surface area contributed by atoms with Gasteiger partial charge in [-0.2, -0.15) is 0 Å². The maximum absolute atomic E-state index is 12.5. The third-order valence-corrected chi connectivity index (χ3v) is 4.89. The number of amides is 2. The molecule has 1 aliphatic rings. The molecule has 1 fully saturated rings. The van der Waals surface area contributed by atoms with E-state index in [1.807, 2.05) is 60.9 Å². The van der Waals surface area contributed by atoms with Gasteiger partial charge in [0.2, 0.25) is 5.91 Å². The second-order valence-electron chi connectivity index (χ2n) is 5.75. The zero-order valence-corrected chi connectivity index (χ0v) is 14.4. The highest BCUT2D eigenvalue weighted by molar-refractivity contribution is 7.98. The summed E-state index contributed by atoms with van der Waals surface area (Å²) in [4.78, 5) is 27.2. The Morgan fingerprint density at radius 1 is 1.08 bits per heavy atom. The normalized spacial score (nSPS) is 17.4. The average Bonchev–Trinajstić information content (AvgIpc) is 2.88. The molecule has 4 nitrogen and oxygen atoms in total. The topological polar surface area (TPSA) is 49.4 Å². The van der Waals surface area contributed by atoms with Gasteiger partial charge in [0.15, 0.2) is 0 Å². The predicted molar refractivity (Wildman–Crippen MR) is 97.1 cm³/mol. The van der Waals surface area contributed by atoms with E-state index >= 15 is 0 Å². The number of hydrogen-bond donors (Lipinski definition) is 1. The van der Waals surface area contributed by atoms with E-state index in [1.165, 1.54) is 9.80 Å². The molecule has 2 aromatic rings. The lowest BCUT2D eigenvalue weighted by molar-refractivity contribution is -0.138. The fourth-order valence-electron chi connectivity index (χ4n) is 2.80. The molecule has 2 amide bonds. The van der Waals surface area contributed by atoms with Gasteiger partial charge in [-0.3, -0.25) is 14.5 Å². The van der Waals surface area contributed by atoms with E-state index in [-0.39, 0.29) is 18.2 Å². The van der Waals surface area contributed by atoms with Gasteiger partial charge in [0.05, 0.1) is 6.42 Å². The van der Waals surface area contributed by atoms with Crippen LogP contribution in [-0.4, -0.2) is 35.6 Å². The third-order valence-electron chi connectivity index (χ3n) is 4.14. The highest BCUT2D eigenvalue weighted by atomic mass is 32.2. The van der Waals surface area contributed by atoms with E-state index in [0.717, 1.165) is 11.3 Å². The monoisotopic (exact) mass is 340 g/mol. The van der Waals surface area contributed by atoms with Crippen LogP contribution in [0.15, 0.2) is 59.5 Å². The standard InChI is InChI=1S/C19H20N2O2S/c1-24-16-9-7-15(8-10-16)20-17-13-18(22)21(19(17)23)12-11-14-5-3-2-4-6-14/h2-10,17,20H,11-13H2,1H3. The van der Waals surface area contributed by atoms with Crippen molar-refractivity contribution in [2.75, 3.05) is 18.1 Å². The molecule has 0 spiro atoms. The number of anilines is 1. The summed E-state index contributed by atoms with van der Waals surface area (Å²) in [5.41, 5.74) is 1.99. The van der Waals surface area contributed by atoms with Gasteiger partial charge in [0.25, 0.3) is 5.91 Å². The van der Waals surface area contributed by atoms with Crippen molar-refractivity contribution >= 4 is 29.3 Å². The van der Waals surface area contributed by atoms with Crippen LogP contribution in [0, 0.1) is 0 Å². The Hall–Kier alpha value is -2.27.